The first-order chi connectivity index (χ1) is 8.78. The molecule has 2 aliphatic heterocycles. The summed E-state index contributed by atoms with van der Waals surface area (Å²) in [5, 5.41) is 3.67. The van der Waals surface area contributed by atoms with E-state index in [0.29, 0.717) is 12.1 Å². The Morgan fingerprint density at radius 2 is 2.06 bits per heavy atom. The van der Waals surface area contributed by atoms with Gasteiger partial charge in [-0.25, -0.2) is 0 Å². The highest BCUT2D eigenvalue weighted by molar-refractivity contribution is 4.94. The van der Waals surface area contributed by atoms with Crippen LogP contribution in [0.3, 0.4) is 0 Å². The number of rotatable bonds is 5. The lowest BCUT2D eigenvalue weighted by atomic mass is 9.81. The van der Waals surface area contributed by atoms with Gasteiger partial charge in [0.15, 0.2) is 0 Å². The van der Waals surface area contributed by atoms with Crippen LogP contribution in [0.25, 0.3) is 0 Å². The van der Waals surface area contributed by atoms with Gasteiger partial charge in [-0.3, -0.25) is 0 Å². The predicted octanol–water partition coefficient (Wildman–Crippen LogP) is 2.88. The first-order valence-corrected chi connectivity index (χ1v) is 7.77. The molecule has 106 valence electrons. The molecule has 2 aliphatic rings. The van der Waals surface area contributed by atoms with Crippen LogP contribution < -0.4 is 5.32 Å². The number of nitrogens with one attached hydrogen (secondary N) is 1. The quantitative estimate of drug-likeness (QED) is 0.819. The van der Waals surface area contributed by atoms with E-state index in [9.17, 15) is 0 Å². The molecule has 0 saturated carbocycles. The Labute approximate surface area is 112 Å². The van der Waals surface area contributed by atoms with E-state index >= 15 is 0 Å². The zero-order valence-electron chi connectivity index (χ0n) is 12.0. The van der Waals surface area contributed by atoms with Gasteiger partial charge in [0.05, 0.1) is 11.7 Å². The minimum atomic E-state index is 0.113. The van der Waals surface area contributed by atoms with Crippen molar-refractivity contribution < 1.29 is 9.47 Å². The molecule has 0 aromatic rings. The molecule has 0 aromatic heterocycles. The first kappa shape index (κ1) is 14.3. The molecule has 0 amide bonds. The van der Waals surface area contributed by atoms with Crippen molar-refractivity contribution in [3.05, 3.63) is 0 Å². The zero-order chi connectivity index (χ0) is 12.8. The van der Waals surface area contributed by atoms with Gasteiger partial charge in [-0.2, -0.15) is 0 Å². The normalized spacial score (nSPS) is 37.0. The minimum Gasteiger partial charge on any atom is -0.378 e. The number of ether oxygens (including phenoxy) is 2. The van der Waals surface area contributed by atoms with E-state index in [-0.39, 0.29) is 5.60 Å². The van der Waals surface area contributed by atoms with Crippen molar-refractivity contribution in [3.63, 3.8) is 0 Å². The van der Waals surface area contributed by atoms with Crippen molar-refractivity contribution in [1.29, 1.82) is 0 Å². The SMILES string of the molecule is CCCNC1CCOC2(CCOC(CCC)C2)C1. The van der Waals surface area contributed by atoms with E-state index in [4.69, 9.17) is 9.47 Å². The van der Waals surface area contributed by atoms with Gasteiger partial charge in [0.25, 0.3) is 0 Å². The maximum atomic E-state index is 6.17. The average molecular weight is 255 g/mol. The first-order valence-electron chi connectivity index (χ1n) is 7.77. The van der Waals surface area contributed by atoms with Crippen molar-refractivity contribution in [2.45, 2.75) is 76.5 Å². The van der Waals surface area contributed by atoms with Gasteiger partial charge in [-0.05, 0) is 38.6 Å². The second kappa shape index (κ2) is 6.88. The molecule has 2 fully saturated rings. The molecule has 0 aromatic carbocycles. The molecule has 1 N–H and O–H groups in total. The van der Waals surface area contributed by atoms with Crippen LogP contribution in [0.2, 0.25) is 0 Å². The van der Waals surface area contributed by atoms with E-state index < -0.39 is 0 Å². The second-order valence-electron chi connectivity index (χ2n) is 5.91. The molecule has 3 atom stereocenters. The van der Waals surface area contributed by atoms with Gasteiger partial charge >= 0.3 is 0 Å². The summed E-state index contributed by atoms with van der Waals surface area (Å²) >= 11 is 0. The fourth-order valence-electron chi connectivity index (χ4n) is 3.36. The van der Waals surface area contributed by atoms with E-state index in [2.05, 4.69) is 19.2 Å². The van der Waals surface area contributed by atoms with Gasteiger partial charge < -0.3 is 14.8 Å². The molecule has 0 bridgehead atoms. The van der Waals surface area contributed by atoms with Gasteiger partial charge in [-0.1, -0.05) is 20.3 Å². The van der Waals surface area contributed by atoms with Crippen LogP contribution in [0, 0.1) is 0 Å². The van der Waals surface area contributed by atoms with Crippen LogP contribution in [0.5, 0.6) is 0 Å². The molecule has 3 heteroatoms. The van der Waals surface area contributed by atoms with Crippen molar-refractivity contribution in [2.75, 3.05) is 19.8 Å². The summed E-state index contributed by atoms with van der Waals surface area (Å²) in [4.78, 5) is 0. The monoisotopic (exact) mass is 255 g/mol. The summed E-state index contributed by atoms with van der Waals surface area (Å²) in [6, 6.07) is 0.652. The van der Waals surface area contributed by atoms with E-state index in [1.807, 2.05) is 0 Å². The second-order valence-corrected chi connectivity index (χ2v) is 5.91. The summed E-state index contributed by atoms with van der Waals surface area (Å²) in [5.41, 5.74) is 0.113. The Morgan fingerprint density at radius 1 is 1.17 bits per heavy atom. The van der Waals surface area contributed by atoms with E-state index in [1.54, 1.807) is 0 Å². The summed E-state index contributed by atoms with van der Waals surface area (Å²) in [6.45, 7) is 7.40. The van der Waals surface area contributed by atoms with Crippen molar-refractivity contribution in [3.8, 4) is 0 Å². The van der Waals surface area contributed by atoms with Gasteiger partial charge in [-0.15, -0.1) is 0 Å². The van der Waals surface area contributed by atoms with Crippen LogP contribution in [-0.4, -0.2) is 37.5 Å². The summed E-state index contributed by atoms with van der Waals surface area (Å²) in [6.07, 6.45) is 8.55. The van der Waals surface area contributed by atoms with Crippen LogP contribution in [0.4, 0.5) is 0 Å². The van der Waals surface area contributed by atoms with Gasteiger partial charge in [0.2, 0.25) is 0 Å². The van der Waals surface area contributed by atoms with Crippen molar-refractivity contribution >= 4 is 0 Å². The fraction of sp³-hybridized carbons (Fsp3) is 1.00. The maximum absolute atomic E-state index is 6.17. The highest BCUT2D eigenvalue weighted by Crippen LogP contribution is 2.37. The zero-order valence-corrected chi connectivity index (χ0v) is 12.0. The van der Waals surface area contributed by atoms with E-state index in [0.717, 1.165) is 32.6 Å². The lowest BCUT2D eigenvalue weighted by Crippen LogP contribution is -2.51. The lowest BCUT2D eigenvalue weighted by Gasteiger charge is -2.46. The Morgan fingerprint density at radius 3 is 2.83 bits per heavy atom. The molecule has 3 unspecified atom stereocenters. The van der Waals surface area contributed by atoms with Crippen LogP contribution in [0.1, 0.15) is 58.8 Å². The molecule has 2 rings (SSSR count). The Balaban J connectivity index is 1.88. The fourth-order valence-corrected chi connectivity index (χ4v) is 3.36. The molecular formula is C15H29NO2. The predicted molar refractivity (Wildman–Crippen MR) is 73.9 cm³/mol. The van der Waals surface area contributed by atoms with Crippen LogP contribution >= 0.6 is 0 Å². The standard InChI is InChI=1S/C15H29NO2/c1-3-5-14-12-15(7-10-17-14)11-13(6-9-18-15)16-8-4-2/h13-14,16H,3-12H2,1-2H3. The third-order valence-corrected chi connectivity index (χ3v) is 4.30. The maximum Gasteiger partial charge on any atom is 0.0743 e. The topological polar surface area (TPSA) is 30.5 Å². The Hall–Kier alpha value is -0.120. The number of hydrogen-bond donors (Lipinski definition) is 1. The molecule has 0 radical (unpaired) electrons. The Kier molecular flexibility index (Phi) is 5.46. The van der Waals surface area contributed by atoms with Crippen molar-refractivity contribution in [1.82, 2.24) is 5.32 Å². The third kappa shape index (κ3) is 3.69. The van der Waals surface area contributed by atoms with E-state index in [1.165, 1.54) is 32.1 Å². The molecule has 18 heavy (non-hydrogen) atoms. The molecule has 3 nitrogen and oxygen atoms in total. The molecule has 2 saturated heterocycles. The molecular weight excluding hydrogens is 226 g/mol. The van der Waals surface area contributed by atoms with Crippen LogP contribution in [0.15, 0.2) is 0 Å². The highest BCUT2D eigenvalue weighted by Gasteiger charge is 2.41. The molecule has 2 heterocycles. The number of hydrogen-bond acceptors (Lipinski definition) is 3. The highest BCUT2D eigenvalue weighted by atomic mass is 16.5. The minimum absolute atomic E-state index is 0.113. The van der Waals surface area contributed by atoms with Gasteiger partial charge in [0, 0.05) is 25.7 Å². The Bertz CT molecular complexity index is 241. The third-order valence-electron chi connectivity index (χ3n) is 4.30. The van der Waals surface area contributed by atoms with Crippen LogP contribution in [-0.2, 0) is 9.47 Å². The smallest absolute Gasteiger partial charge is 0.0743 e. The lowest BCUT2D eigenvalue weighted by molar-refractivity contribution is -0.163. The van der Waals surface area contributed by atoms with Gasteiger partial charge in [0.1, 0.15) is 0 Å². The summed E-state index contributed by atoms with van der Waals surface area (Å²) in [7, 11) is 0. The molecule has 0 aliphatic carbocycles. The largest absolute Gasteiger partial charge is 0.378 e. The molecule has 1 spiro atoms. The summed E-state index contributed by atoms with van der Waals surface area (Å²) < 4.78 is 12.0. The summed E-state index contributed by atoms with van der Waals surface area (Å²) in [5.74, 6) is 0. The van der Waals surface area contributed by atoms with Crippen molar-refractivity contribution in [2.24, 2.45) is 0 Å². The average Bonchev–Trinajstić information content (AvgIpc) is 2.37.